The van der Waals surface area contributed by atoms with E-state index in [1.54, 1.807) is 63.4 Å². The fourth-order valence-electron chi connectivity index (χ4n) is 4.45. The van der Waals surface area contributed by atoms with Crippen LogP contribution in [0.4, 0.5) is 13.2 Å². The van der Waals surface area contributed by atoms with Crippen LogP contribution in [0.2, 0.25) is 0 Å². The molecule has 0 bridgehead atoms. The van der Waals surface area contributed by atoms with Crippen LogP contribution in [0.5, 0.6) is 5.75 Å². The Balaban J connectivity index is 1.75. The molecule has 0 aliphatic carbocycles. The molecule has 4 aromatic rings. The predicted molar refractivity (Wildman–Crippen MR) is 142 cm³/mol. The summed E-state index contributed by atoms with van der Waals surface area (Å²) in [6.07, 6.45) is 1.88. The minimum absolute atomic E-state index is 0.0287. The lowest BCUT2D eigenvalue weighted by Crippen LogP contribution is -2.28. The summed E-state index contributed by atoms with van der Waals surface area (Å²) in [4.78, 5) is 4.97. The third-order valence-corrected chi connectivity index (χ3v) is 9.28. The maximum Gasteiger partial charge on any atom is 0.534 e. The van der Waals surface area contributed by atoms with E-state index in [1.165, 1.54) is 16.1 Å². The monoisotopic (exact) mass is 580 g/mol. The van der Waals surface area contributed by atoms with Crippen molar-refractivity contribution in [2.24, 2.45) is 0 Å². The molecular formula is C27H27F3N2O5S2. The smallest absolute Gasteiger partial charge is 0.376 e. The first kappa shape index (κ1) is 28.6. The van der Waals surface area contributed by atoms with Crippen LogP contribution < -0.4 is 4.18 Å². The van der Waals surface area contributed by atoms with E-state index < -0.39 is 31.4 Å². The van der Waals surface area contributed by atoms with E-state index in [1.807, 2.05) is 13.8 Å². The Hall–Kier alpha value is -3.38. The van der Waals surface area contributed by atoms with Crippen molar-refractivity contribution in [3.8, 4) is 5.75 Å². The summed E-state index contributed by atoms with van der Waals surface area (Å²) in [5.74, 6) is -0.464. The molecule has 2 heterocycles. The van der Waals surface area contributed by atoms with Gasteiger partial charge in [0.2, 0.25) is 0 Å². The zero-order valence-electron chi connectivity index (χ0n) is 21.9. The van der Waals surface area contributed by atoms with Gasteiger partial charge >= 0.3 is 15.6 Å². The van der Waals surface area contributed by atoms with Gasteiger partial charge in [-0.1, -0.05) is 32.0 Å². The lowest BCUT2D eigenvalue weighted by atomic mass is 9.97. The normalized spacial score (nSPS) is 12.8. The maximum atomic E-state index is 13.6. The molecule has 0 saturated carbocycles. The second kappa shape index (κ2) is 9.98. The number of alkyl halides is 3. The number of pyridine rings is 1. The molecular weight excluding hydrogens is 553 g/mol. The van der Waals surface area contributed by atoms with E-state index in [0.29, 0.717) is 33.4 Å². The summed E-state index contributed by atoms with van der Waals surface area (Å²) in [7, 11) is -9.68. The maximum absolute atomic E-state index is 13.6. The van der Waals surface area contributed by atoms with Gasteiger partial charge in [0.1, 0.15) is 5.75 Å². The van der Waals surface area contributed by atoms with E-state index >= 15 is 0 Å². The van der Waals surface area contributed by atoms with Crippen LogP contribution >= 0.6 is 0 Å². The standard InChI is InChI=1S/C27H27F3N2O5S2/c1-16(2)23-15-32(38(33,34)25-9-7-6-8-17(25)3)24-11-10-20(31-26(23)24)14-22-18(4)12-21(13-19(22)5)37-39(35,36)27(28,29)30/h6-13,15-16H,14H2,1-5H3. The van der Waals surface area contributed by atoms with E-state index in [2.05, 4.69) is 4.18 Å². The van der Waals surface area contributed by atoms with Gasteiger partial charge in [0, 0.05) is 18.3 Å². The molecule has 0 amide bonds. The summed E-state index contributed by atoms with van der Waals surface area (Å²) < 4.78 is 93.7. The molecule has 0 fully saturated rings. The fourth-order valence-corrected chi connectivity index (χ4v) is 6.49. The first-order valence-electron chi connectivity index (χ1n) is 12.0. The first-order valence-corrected chi connectivity index (χ1v) is 14.8. The molecule has 12 heteroatoms. The Kier molecular flexibility index (Phi) is 7.32. The van der Waals surface area contributed by atoms with Gasteiger partial charge in [0.25, 0.3) is 10.0 Å². The molecule has 0 aliphatic rings. The van der Waals surface area contributed by atoms with Gasteiger partial charge in [-0.3, -0.25) is 4.98 Å². The number of fused-ring (bicyclic) bond motifs is 1. The summed E-state index contributed by atoms with van der Waals surface area (Å²) in [5, 5.41) is 0. The largest absolute Gasteiger partial charge is 0.534 e. The number of benzene rings is 2. The minimum atomic E-state index is -5.79. The highest BCUT2D eigenvalue weighted by molar-refractivity contribution is 7.90. The molecule has 208 valence electrons. The summed E-state index contributed by atoms with van der Waals surface area (Å²) in [5.41, 5.74) is -0.818. The zero-order valence-corrected chi connectivity index (χ0v) is 23.5. The van der Waals surface area contributed by atoms with Crippen molar-refractivity contribution in [1.82, 2.24) is 8.96 Å². The van der Waals surface area contributed by atoms with Crippen LogP contribution in [0.1, 0.15) is 53.3 Å². The van der Waals surface area contributed by atoms with Crippen molar-refractivity contribution < 1.29 is 34.2 Å². The molecule has 0 unspecified atom stereocenters. The molecule has 0 radical (unpaired) electrons. The Morgan fingerprint density at radius 3 is 2.10 bits per heavy atom. The van der Waals surface area contributed by atoms with Crippen LogP contribution in [0.3, 0.4) is 0 Å². The SMILES string of the molecule is Cc1ccccc1S(=O)(=O)n1cc(C(C)C)c2nc(Cc3c(C)cc(OS(=O)(=O)C(F)(F)F)cc3C)ccc21. The first-order chi connectivity index (χ1) is 18.0. The van der Waals surface area contributed by atoms with Gasteiger partial charge in [0.05, 0.1) is 15.9 Å². The van der Waals surface area contributed by atoms with Crippen LogP contribution in [0, 0.1) is 20.8 Å². The third kappa shape index (κ3) is 5.40. The van der Waals surface area contributed by atoms with E-state index in [9.17, 15) is 30.0 Å². The van der Waals surface area contributed by atoms with E-state index in [4.69, 9.17) is 4.98 Å². The molecule has 4 rings (SSSR count). The summed E-state index contributed by atoms with van der Waals surface area (Å²) in [6, 6.07) is 12.6. The topological polar surface area (TPSA) is 95.3 Å². The second-order valence-electron chi connectivity index (χ2n) is 9.67. The van der Waals surface area contributed by atoms with Crippen molar-refractivity contribution >= 4 is 31.2 Å². The predicted octanol–water partition coefficient (Wildman–Crippen LogP) is 6.14. The highest BCUT2D eigenvalue weighted by Crippen LogP contribution is 2.33. The number of nitrogens with zero attached hydrogens (tertiary/aromatic N) is 2. The Morgan fingerprint density at radius 2 is 1.54 bits per heavy atom. The molecule has 0 N–H and O–H groups in total. The fraction of sp³-hybridized carbons (Fsp3) is 0.296. The number of hydrogen-bond donors (Lipinski definition) is 0. The van der Waals surface area contributed by atoms with Gasteiger partial charge in [-0.15, -0.1) is 0 Å². The minimum Gasteiger partial charge on any atom is -0.376 e. The number of halogens is 3. The zero-order chi connectivity index (χ0) is 28.9. The van der Waals surface area contributed by atoms with E-state index in [-0.39, 0.29) is 17.2 Å². The summed E-state index contributed by atoms with van der Waals surface area (Å²) in [6.45, 7) is 8.89. The highest BCUT2D eigenvalue weighted by atomic mass is 32.2. The van der Waals surface area contributed by atoms with Gasteiger partial charge in [-0.25, -0.2) is 12.4 Å². The van der Waals surface area contributed by atoms with Crippen LogP contribution in [-0.4, -0.2) is 31.3 Å². The summed E-state index contributed by atoms with van der Waals surface area (Å²) >= 11 is 0. The van der Waals surface area contributed by atoms with Crippen molar-refractivity contribution in [3.63, 3.8) is 0 Å². The Morgan fingerprint density at radius 1 is 0.923 bits per heavy atom. The average Bonchev–Trinajstić information content (AvgIpc) is 3.21. The van der Waals surface area contributed by atoms with Gasteiger partial charge in [-0.05, 0) is 84.8 Å². The van der Waals surface area contributed by atoms with Crippen molar-refractivity contribution in [3.05, 3.63) is 88.2 Å². The second-order valence-corrected chi connectivity index (χ2v) is 13.0. The molecule has 39 heavy (non-hydrogen) atoms. The van der Waals surface area contributed by atoms with Crippen LogP contribution in [0.25, 0.3) is 11.0 Å². The van der Waals surface area contributed by atoms with Crippen molar-refractivity contribution in [1.29, 1.82) is 0 Å². The quantitative estimate of drug-likeness (QED) is 0.193. The molecule has 7 nitrogen and oxygen atoms in total. The number of aromatic nitrogens is 2. The molecule has 0 atom stereocenters. The number of rotatable bonds is 7. The lowest BCUT2D eigenvalue weighted by molar-refractivity contribution is -0.0500. The molecule has 0 spiro atoms. The number of aryl methyl sites for hydroxylation is 3. The van der Waals surface area contributed by atoms with Crippen molar-refractivity contribution in [2.45, 2.75) is 57.4 Å². The molecule has 0 saturated heterocycles. The third-order valence-electron chi connectivity index (χ3n) is 6.47. The molecule has 2 aromatic carbocycles. The van der Waals surface area contributed by atoms with Crippen LogP contribution in [0.15, 0.2) is 59.6 Å². The van der Waals surface area contributed by atoms with Gasteiger partial charge in [-0.2, -0.15) is 21.6 Å². The lowest BCUT2D eigenvalue weighted by Gasteiger charge is -2.14. The van der Waals surface area contributed by atoms with Gasteiger partial charge < -0.3 is 4.18 Å². The van der Waals surface area contributed by atoms with Gasteiger partial charge in [0.15, 0.2) is 0 Å². The average molecular weight is 581 g/mol. The Bertz CT molecular complexity index is 1770. The van der Waals surface area contributed by atoms with Crippen LogP contribution in [-0.2, 0) is 26.6 Å². The number of hydrogen-bond acceptors (Lipinski definition) is 6. The molecule has 0 aliphatic heterocycles. The van der Waals surface area contributed by atoms with E-state index in [0.717, 1.165) is 11.1 Å². The Labute approximate surface area is 225 Å². The highest BCUT2D eigenvalue weighted by Gasteiger charge is 2.48. The molecule has 2 aromatic heterocycles. The van der Waals surface area contributed by atoms with Crippen molar-refractivity contribution in [2.75, 3.05) is 0 Å².